The number of thiophene rings is 1. The maximum atomic E-state index is 13.4. The van der Waals surface area contributed by atoms with Crippen molar-refractivity contribution in [2.45, 2.75) is 31.9 Å². The van der Waals surface area contributed by atoms with E-state index in [0.29, 0.717) is 18.9 Å². The molecule has 0 spiro atoms. The molecule has 24 heavy (non-hydrogen) atoms. The van der Waals surface area contributed by atoms with Crippen LogP contribution in [0.4, 0.5) is 4.39 Å². The number of hydrogen-bond donors (Lipinski definition) is 0. The van der Waals surface area contributed by atoms with Crippen LogP contribution in [0.1, 0.15) is 35.4 Å². The average Bonchev–Trinajstić information content (AvgIpc) is 3.31. The topological polar surface area (TPSA) is 16.1 Å². The van der Waals surface area contributed by atoms with Crippen LogP contribution < -0.4 is 0 Å². The van der Waals surface area contributed by atoms with Crippen LogP contribution >= 0.6 is 22.7 Å². The molecule has 0 amide bonds. The Kier molecular flexibility index (Phi) is 4.66. The molecule has 4 rings (SSSR count). The lowest BCUT2D eigenvalue weighted by molar-refractivity contribution is 0.290. The highest BCUT2D eigenvalue weighted by Crippen LogP contribution is 2.39. The van der Waals surface area contributed by atoms with E-state index in [1.54, 1.807) is 11.3 Å². The van der Waals surface area contributed by atoms with Crippen molar-refractivity contribution in [2.24, 2.45) is 0 Å². The second kappa shape index (κ2) is 6.90. The molecule has 5 heteroatoms. The molecule has 0 N–H and O–H groups in total. The number of alkyl halides is 1. The zero-order valence-corrected chi connectivity index (χ0v) is 15.4. The highest BCUT2D eigenvalue weighted by atomic mass is 32.1. The Balaban J connectivity index is 1.65. The Morgan fingerprint density at radius 2 is 2.25 bits per heavy atom. The monoisotopic (exact) mass is 360 g/mol. The van der Waals surface area contributed by atoms with Gasteiger partial charge in [0.1, 0.15) is 6.17 Å². The minimum atomic E-state index is -0.638. The number of aromatic nitrogens is 1. The van der Waals surface area contributed by atoms with Gasteiger partial charge in [-0.3, -0.25) is 4.90 Å². The predicted molar refractivity (Wildman–Crippen MR) is 101 cm³/mol. The summed E-state index contributed by atoms with van der Waals surface area (Å²) >= 11 is 3.54. The molecule has 3 heterocycles. The minimum absolute atomic E-state index is 0.301. The van der Waals surface area contributed by atoms with Gasteiger partial charge in [0.15, 0.2) is 0 Å². The number of likely N-dealkylation sites (tertiary alicyclic amines) is 1. The third-order valence-electron chi connectivity index (χ3n) is 4.91. The zero-order valence-electron chi connectivity index (χ0n) is 13.7. The third kappa shape index (κ3) is 3.13. The van der Waals surface area contributed by atoms with Crippen molar-refractivity contribution >= 4 is 32.8 Å². The largest absolute Gasteiger partial charge is 0.300 e. The second-order valence-electron chi connectivity index (χ2n) is 6.51. The summed E-state index contributed by atoms with van der Waals surface area (Å²) < 4.78 is 14.8. The highest BCUT2D eigenvalue weighted by molar-refractivity contribution is 7.19. The van der Waals surface area contributed by atoms with E-state index in [-0.39, 0.29) is 0 Å². The van der Waals surface area contributed by atoms with E-state index >= 15 is 0 Å². The molecule has 0 saturated carbocycles. The molecule has 1 unspecified atom stereocenters. The molecular weight excluding hydrogens is 339 g/mol. The van der Waals surface area contributed by atoms with Gasteiger partial charge in [-0.1, -0.05) is 25.1 Å². The summed E-state index contributed by atoms with van der Waals surface area (Å²) in [6.45, 7) is 4.69. The van der Waals surface area contributed by atoms with Gasteiger partial charge in [-0.15, -0.1) is 22.7 Å². The van der Waals surface area contributed by atoms with Crippen molar-refractivity contribution in [1.82, 2.24) is 9.88 Å². The van der Waals surface area contributed by atoms with Crippen LogP contribution in [0, 0.1) is 0 Å². The van der Waals surface area contributed by atoms with Gasteiger partial charge >= 0.3 is 0 Å². The molecule has 1 fully saturated rings. The van der Waals surface area contributed by atoms with E-state index in [4.69, 9.17) is 0 Å². The number of nitrogens with zero attached hydrogens (tertiary/aromatic N) is 2. The lowest BCUT2D eigenvalue weighted by Gasteiger charge is -2.16. The first-order valence-corrected chi connectivity index (χ1v) is 10.2. The fourth-order valence-corrected chi connectivity index (χ4v) is 5.55. The molecule has 2 nitrogen and oxygen atoms in total. The van der Waals surface area contributed by atoms with Gasteiger partial charge in [-0.05, 0) is 29.9 Å². The molecule has 1 saturated heterocycles. The fraction of sp³-hybridized carbons (Fsp3) is 0.421. The summed E-state index contributed by atoms with van der Waals surface area (Å²) in [5.74, 6) is 0.301. The molecule has 126 valence electrons. The first-order chi connectivity index (χ1) is 11.7. The van der Waals surface area contributed by atoms with Crippen LogP contribution in [0.25, 0.3) is 10.1 Å². The Bertz CT molecular complexity index is 812. The zero-order chi connectivity index (χ0) is 16.5. The van der Waals surface area contributed by atoms with Crippen molar-refractivity contribution in [1.29, 1.82) is 0 Å². The van der Waals surface area contributed by atoms with Gasteiger partial charge in [0, 0.05) is 40.5 Å². The van der Waals surface area contributed by atoms with Crippen LogP contribution in [-0.4, -0.2) is 35.7 Å². The second-order valence-corrected chi connectivity index (χ2v) is 8.36. The van der Waals surface area contributed by atoms with E-state index in [0.717, 1.165) is 25.2 Å². The van der Waals surface area contributed by atoms with E-state index in [1.165, 1.54) is 20.5 Å². The van der Waals surface area contributed by atoms with Crippen LogP contribution in [0.2, 0.25) is 0 Å². The van der Waals surface area contributed by atoms with E-state index in [1.807, 2.05) is 16.8 Å². The Morgan fingerprint density at radius 1 is 1.38 bits per heavy atom. The molecule has 0 radical (unpaired) electrons. The van der Waals surface area contributed by atoms with Gasteiger partial charge in [0.25, 0.3) is 0 Å². The van der Waals surface area contributed by atoms with Gasteiger partial charge in [-0.25, -0.2) is 9.37 Å². The number of fused-ring (bicyclic) bond motifs is 1. The lowest BCUT2D eigenvalue weighted by atomic mass is 9.94. The van der Waals surface area contributed by atoms with Crippen LogP contribution in [0.3, 0.4) is 0 Å². The summed E-state index contributed by atoms with van der Waals surface area (Å²) in [4.78, 5) is 8.22. The van der Waals surface area contributed by atoms with Gasteiger partial charge in [-0.2, -0.15) is 0 Å². The standard InChI is InChI=1S/C19H21FN2S2/c1-13(16-11-23-12-21-16)19-15-4-2-3-5-17(15)24-18(19)7-9-22-8-6-14(20)10-22/h2-5,11-14H,6-10H2,1H3/t13?,14-/m1/s1. The van der Waals surface area contributed by atoms with E-state index < -0.39 is 6.17 Å². The number of thiazole rings is 1. The summed E-state index contributed by atoms with van der Waals surface area (Å²) in [5.41, 5.74) is 4.47. The number of halogens is 1. The van der Waals surface area contributed by atoms with Crippen molar-refractivity contribution in [2.75, 3.05) is 19.6 Å². The van der Waals surface area contributed by atoms with E-state index in [9.17, 15) is 4.39 Å². The van der Waals surface area contributed by atoms with Gasteiger partial charge < -0.3 is 0 Å². The molecule has 1 aliphatic rings. The molecular formula is C19H21FN2S2. The first-order valence-electron chi connectivity index (χ1n) is 8.47. The van der Waals surface area contributed by atoms with Crippen molar-refractivity contribution in [3.63, 3.8) is 0 Å². The maximum absolute atomic E-state index is 13.4. The first kappa shape index (κ1) is 16.2. The summed E-state index contributed by atoms with van der Waals surface area (Å²) in [7, 11) is 0. The van der Waals surface area contributed by atoms with Crippen molar-refractivity contribution in [3.8, 4) is 0 Å². The molecule has 2 atom stereocenters. The third-order valence-corrected chi connectivity index (χ3v) is 6.76. The number of hydrogen-bond acceptors (Lipinski definition) is 4. The quantitative estimate of drug-likeness (QED) is 0.629. The molecule has 0 bridgehead atoms. The fourth-order valence-electron chi connectivity index (χ4n) is 3.61. The SMILES string of the molecule is CC(c1cscn1)c1c(CCN2CC[C@@H](F)C2)sc2ccccc12. The average molecular weight is 361 g/mol. The molecule has 3 aromatic rings. The van der Waals surface area contributed by atoms with Gasteiger partial charge in [0.2, 0.25) is 0 Å². The summed E-state index contributed by atoms with van der Waals surface area (Å²) in [6, 6.07) is 8.65. The smallest absolute Gasteiger partial charge is 0.114 e. The van der Waals surface area contributed by atoms with Crippen molar-refractivity contribution < 1.29 is 4.39 Å². The van der Waals surface area contributed by atoms with Crippen molar-refractivity contribution in [3.05, 3.63) is 51.3 Å². The Labute approximate surface area is 150 Å². The molecule has 0 aliphatic carbocycles. The summed E-state index contributed by atoms with van der Waals surface area (Å²) in [6.07, 6.45) is 1.05. The highest BCUT2D eigenvalue weighted by Gasteiger charge is 2.24. The number of benzene rings is 1. The normalized spacial score (nSPS) is 20.0. The number of rotatable bonds is 5. The Hall–Kier alpha value is -1.30. The van der Waals surface area contributed by atoms with Crippen LogP contribution in [-0.2, 0) is 6.42 Å². The molecule has 1 aromatic carbocycles. The predicted octanol–water partition coefficient (Wildman–Crippen LogP) is 5.10. The Morgan fingerprint density at radius 3 is 3.00 bits per heavy atom. The van der Waals surface area contributed by atoms with Crippen LogP contribution in [0.15, 0.2) is 35.2 Å². The minimum Gasteiger partial charge on any atom is -0.300 e. The van der Waals surface area contributed by atoms with Gasteiger partial charge in [0.05, 0.1) is 11.2 Å². The van der Waals surface area contributed by atoms with E-state index in [2.05, 4.69) is 46.5 Å². The lowest BCUT2D eigenvalue weighted by Crippen LogP contribution is -2.23. The molecule has 1 aliphatic heterocycles. The van der Waals surface area contributed by atoms with Crippen LogP contribution in [0.5, 0.6) is 0 Å². The summed E-state index contributed by atoms with van der Waals surface area (Å²) in [5, 5.41) is 3.50. The maximum Gasteiger partial charge on any atom is 0.114 e. The molecule has 2 aromatic heterocycles.